The molecule has 5 atom stereocenters. The van der Waals surface area contributed by atoms with E-state index in [4.69, 9.17) is 18.6 Å². The summed E-state index contributed by atoms with van der Waals surface area (Å²) < 4.78 is 25.4. The second kappa shape index (κ2) is 12.4. The van der Waals surface area contributed by atoms with Crippen molar-refractivity contribution in [3.8, 4) is 0 Å². The van der Waals surface area contributed by atoms with Crippen LogP contribution in [0.1, 0.15) is 100 Å². The minimum atomic E-state index is -2.01. The molecule has 2 aliphatic heterocycles. The first kappa shape index (κ1) is 32.1. The van der Waals surface area contributed by atoms with Crippen molar-refractivity contribution in [2.75, 3.05) is 13.2 Å². The van der Waals surface area contributed by atoms with E-state index in [1.54, 1.807) is 0 Å². The first-order valence-electron chi connectivity index (χ1n) is 14.0. The topological polar surface area (TPSA) is 88.1 Å². The first-order chi connectivity index (χ1) is 16.9. The lowest BCUT2D eigenvalue weighted by molar-refractivity contribution is -0.184. The van der Waals surface area contributed by atoms with E-state index in [-0.39, 0.29) is 53.2 Å². The van der Waals surface area contributed by atoms with Gasteiger partial charge >= 0.3 is 5.97 Å². The van der Waals surface area contributed by atoms with Crippen LogP contribution in [0, 0.1) is 11.3 Å². The fraction of sp³-hybridized carbons (Fsp3) is 0.897. The largest absolute Gasteiger partial charge is 0.465 e. The minimum absolute atomic E-state index is 0.0110. The van der Waals surface area contributed by atoms with Crippen molar-refractivity contribution < 1.29 is 33.0 Å². The highest BCUT2D eigenvalue weighted by atomic mass is 28.4. The molecule has 0 aromatic heterocycles. The fourth-order valence-corrected chi connectivity index (χ4v) is 5.82. The lowest BCUT2D eigenvalue weighted by Gasteiger charge is -2.45. The van der Waals surface area contributed by atoms with Crippen LogP contribution in [0.25, 0.3) is 0 Å². The predicted molar refractivity (Wildman–Crippen MR) is 147 cm³/mol. The van der Waals surface area contributed by atoms with Gasteiger partial charge in [-0.1, -0.05) is 27.7 Å². The van der Waals surface area contributed by atoms with Gasteiger partial charge in [-0.15, -0.1) is 0 Å². The molecule has 2 saturated heterocycles. The molecular weight excluding hydrogens is 488 g/mol. The van der Waals surface area contributed by atoms with Crippen molar-refractivity contribution in [2.45, 2.75) is 142 Å². The number of ether oxygens (including phenoxy) is 3. The highest BCUT2D eigenvalue weighted by molar-refractivity contribution is 6.74. The summed E-state index contributed by atoms with van der Waals surface area (Å²) in [5.74, 6) is -0.525. The Bertz CT molecular complexity index is 810. The Balaban J connectivity index is 2.08. The molecule has 2 heterocycles. The predicted octanol–water partition coefficient (Wildman–Crippen LogP) is 6.03. The molecule has 0 amide bonds. The summed E-state index contributed by atoms with van der Waals surface area (Å²) in [7, 11) is -2.01. The zero-order valence-corrected chi connectivity index (χ0v) is 26.0. The molecule has 0 bridgehead atoms. The van der Waals surface area contributed by atoms with Crippen LogP contribution < -0.4 is 0 Å². The third kappa shape index (κ3) is 8.97. The van der Waals surface area contributed by atoms with Crippen molar-refractivity contribution in [1.29, 1.82) is 0 Å². The second-order valence-corrected chi connectivity index (χ2v) is 18.7. The molecule has 2 fully saturated rings. The van der Waals surface area contributed by atoms with Crippen molar-refractivity contribution in [3.63, 3.8) is 0 Å². The Morgan fingerprint density at radius 1 is 1.05 bits per heavy atom. The van der Waals surface area contributed by atoms with E-state index in [9.17, 15) is 14.4 Å². The van der Waals surface area contributed by atoms with E-state index < -0.39 is 19.3 Å². The highest BCUT2D eigenvalue weighted by Gasteiger charge is 2.54. The van der Waals surface area contributed by atoms with E-state index in [1.807, 2.05) is 27.7 Å². The Hall–Kier alpha value is -1.09. The second-order valence-electron chi connectivity index (χ2n) is 13.9. The molecule has 0 saturated carbocycles. The van der Waals surface area contributed by atoms with Crippen molar-refractivity contribution in [3.05, 3.63) is 0 Å². The van der Waals surface area contributed by atoms with Crippen LogP contribution in [0.15, 0.2) is 0 Å². The van der Waals surface area contributed by atoms with E-state index in [0.717, 1.165) is 32.1 Å². The lowest BCUT2D eigenvalue weighted by Crippen LogP contribution is -2.55. The van der Waals surface area contributed by atoms with E-state index in [2.05, 4.69) is 33.9 Å². The maximum absolute atomic E-state index is 12.5. The maximum Gasteiger partial charge on any atom is 0.311 e. The number of rotatable bonds is 12. The Labute approximate surface area is 225 Å². The molecule has 8 heteroatoms. The molecule has 0 aromatic carbocycles. The fourth-order valence-electron chi connectivity index (χ4n) is 4.78. The number of Topliss-reactive ketones (excluding diaryl/α,β-unsaturated/α-hetero) is 2. The zero-order valence-electron chi connectivity index (χ0n) is 25.0. The molecule has 0 aliphatic carbocycles. The van der Waals surface area contributed by atoms with Crippen LogP contribution in [0.3, 0.4) is 0 Å². The molecule has 7 nitrogen and oxygen atoms in total. The molecule has 2 rings (SSSR count). The number of hydrogen-bond donors (Lipinski definition) is 0. The van der Waals surface area contributed by atoms with Gasteiger partial charge in [-0.25, -0.2) is 0 Å². The molecule has 1 unspecified atom stereocenters. The van der Waals surface area contributed by atoms with Crippen LogP contribution in [-0.2, 0) is 33.0 Å². The first-order valence-corrected chi connectivity index (χ1v) is 16.9. The summed E-state index contributed by atoms with van der Waals surface area (Å²) in [6, 6.07) is 0. The molecule has 0 N–H and O–H groups in total. The number of ketones is 2. The average Bonchev–Trinajstić information content (AvgIpc) is 3.11. The monoisotopic (exact) mass is 540 g/mol. The van der Waals surface area contributed by atoms with Crippen LogP contribution in [-0.4, -0.2) is 63.0 Å². The summed E-state index contributed by atoms with van der Waals surface area (Å²) in [6.07, 6.45) is 4.40. The third-order valence-corrected chi connectivity index (χ3v) is 12.7. The molecule has 0 spiro atoms. The van der Waals surface area contributed by atoms with Crippen LogP contribution >= 0.6 is 0 Å². The van der Waals surface area contributed by atoms with Crippen molar-refractivity contribution >= 4 is 25.9 Å². The average molecular weight is 541 g/mol. The van der Waals surface area contributed by atoms with E-state index >= 15 is 0 Å². The van der Waals surface area contributed by atoms with E-state index in [1.165, 1.54) is 6.92 Å². The van der Waals surface area contributed by atoms with Gasteiger partial charge in [0.05, 0.1) is 43.4 Å². The molecule has 0 aromatic rings. The van der Waals surface area contributed by atoms with Gasteiger partial charge in [0.25, 0.3) is 0 Å². The van der Waals surface area contributed by atoms with Crippen LogP contribution in [0.4, 0.5) is 0 Å². The Morgan fingerprint density at radius 2 is 1.70 bits per heavy atom. The summed E-state index contributed by atoms with van der Waals surface area (Å²) in [6.45, 7) is 21.0. The van der Waals surface area contributed by atoms with Crippen LogP contribution in [0.5, 0.6) is 0 Å². The number of esters is 1. The van der Waals surface area contributed by atoms with Gasteiger partial charge in [-0.3, -0.25) is 14.4 Å². The molecular formula is C29H52O7Si. The number of fused-ring (bicyclic) bond motifs is 1. The standard InChI is InChI=1S/C29H52O7Si/c1-20(24(31)17-21(2)30)16-22-13-14-25-29(36-22,19-34-37(9,10)28(6,7)8)18-23(35-25)12-11-15-33-26(32)27(3,4)5/h20,22-23,25H,11-19H2,1-10H3/t20-,22?,23+,25+,29-/m1/s1. The maximum atomic E-state index is 12.5. The lowest BCUT2D eigenvalue weighted by atomic mass is 9.84. The zero-order chi connectivity index (χ0) is 28.2. The third-order valence-electron chi connectivity index (χ3n) is 8.26. The van der Waals surface area contributed by atoms with Gasteiger partial charge in [0, 0.05) is 12.3 Å². The molecule has 37 heavy (non-hydrogen) atoms. The smallest absolute Gasteiger partial charge is 0.311 e. The Kier molecular flexibility index (Phi) is 10.8. The quantitative estimate of drug-likeness (QED) is 0.129. The normalized spacial score (nSPS) is 27.5. The van der Waals surface area contributed by atoms with Gasteiger partial charge in [-0.2, -0.15) is 0 Å². The minimum Gasteiger partial charge on any atom is -0.465 e. The van der Waals surface area contributed by atoms with Gasteiger partial charge in [0.15, 0.2) is 8.32 Å². The van der Waals surface area contributed by atoms with Crippen molar-refractivity contribution in [1.82, 2.24) is 0 Å². The summed E-state index contributed by atoms with van der Waals surface area (Å²) in [5.41, 5.74) is -1.05. The highest BCUT2D eigenvalue weighted by Crippen LogP contribution is 2.46. The van der Waals surface area contributed by atoms with Gasteiger partial charge in [-0.05, 0) is 77.9 Å². The number of hydrogen-bond acceptors (Lipinski definition) is 7. The van der Waals surface area contributed by atoms with Gasteiger partial charge in [0.1, 0.15) is 17.2 Å². The molecule has 2 aliphatic rings. The van der Waals surface area contributed by atoms with E-state index in [0.29, 0.717) is 19.6 Å². The number of carbonyl (C=O) groups is 3. The molecule has 214 valence electrons. The van der Waals surface area contributed by atoms with Crippen molar-refractivity contribution in [2.24, 2.45) is 11.3 Å². The molecule has 0 radical (unpaired) electrons. The number of carbonyl (C=O) groups excluding carboxylic acids is 3. The summed E-state index contributed by atoms with van der Waals surface area (Å²) in [5, 5.41) is 0.0800. The Morgan fingerprint density at radius 3 is 2.27 bits per heavy atom. The van der Waals surface area contributed by atoms with Gasteiger partial charge in [0.2, 0.25) is 0 Å². The van der Waals surface area contributed by atoms with Crippen LogP contribution in [0.2, 0.25) is 18.1 Å². The SMILES string of the molecule is CC(=O)CC(=O)[C@H](C)CC1CC[C@@H]2O[C@@H](CCCOC(=O)C(C)(C)C)C[C@]2(CO[Si](C)(C)C(C)(C)C)O1. The van der Waals surface area contributed by atoms with Gasteiger partial charge < -0.3 is 18.6 Å². The summed E-state index contributed by atoms with van der Waals surface area (Å²) >= 11 is 0. The summed E-state index contributed by atoms with van der Waals surface area (Å²) in [4.78, 5) is 36.0.